The van der Waals surface area contributed by atoms with Crippen LogP contribution in [0, 0.1) is 27.7 Å². The van der Waals surface area contributed by atoms with Crippen molar-refractivity contribution >= 4 is 28.7 Å². The minimum atomic E-state index is -0.806. The summed E-state index contributed by atoms with van der Waals surface area (Å²) < 4.78 is 0. The van der Waals surface area contributed by atoms with E-state index < -0.39 is 5.97 Å². The van der Waals surface area contributed by atoms with Crippen molar-refractivity contribution in [2.75, 3.05) is 5.32 Å². The van der Waals surface area contributed by atoms with Gasteiger partial charge in [-0.3, -0.25) is 9.59 Å². The van der Waals surface area contributed by atoms with Crippen LogP contribution in [0.5, 0.6) is 0 Å². The van der Waals surface area contributed by atoms with Crippen LogP contribution in [0.15, 0.2) is 42.5 Å². The van der Waals surface area contributed by atoms with E-state index in [4.69, 9.17) is 10.1 Å². The van der Waals surface area contributed by atoms with Gasteiger partial charge < -0.3 is 15.4 Å². The standard InChI is InChI=1S/C26H26N4O3/c1-14-5-9-22(27-17(14)4)30-26(33)19-7-8-20-21(13-19)29-25(28-20)24-15(2)11-18(12-16(24)3)6-10-23(31)32/h5,7-9,11-13H,6,10H2,1-4H3,(H,28,29)(H,31,32)(H,27,30,33). The molecule has 0 atom stereocenters. The number of aryl methyl sites for hydroxylation is 5. The molecule has 0 saturated heterocycles. The molecule has 0 aliphatic carbocycles. The first kappa shape index (κ1) is 22.2. The van der Waals surface area contributed by atoms with Gasteiger partial charge >= 0.3 is 5.97 Å². The number of imidazole rings is 1. The van der Waals surface area contributed by atoms with Gasteiger partial charge in [-0.25, -0.2) is 9.97 Å². The number of hydrogen-bond acceptors (Lipinski definition) is 4. The molecule has 0 fully saturated rings. The quantitative estimate of drug-likeness (QED) is 0.384. The molecule has 1 amide bonds. The van der Waals surface area contributed by atoms with Gasteiger partial charge in [-0.2, -0.15) is 0 Å². The highest BCUT2D eigenvalue weighted by atomic mass is 16.4. The summed E-state index contributed by atoms with van der Waals surface area (Å²) in [6.07, 6.45) is 0.594. The zero-order valence-corrected chi connectivity index (χ0v) is 19.1. The highest BCUT2D eigenvalue weighted by Gasteiger charge is 2.15. The Balaban J connectivity index is 1.61. The predicted molar refractivity (Wildman–Crippen MR) is 129 cm³/mol. The van der Waals surface area contributed by atoms with E-state index in [1.54, 1.807) is 18.2 Å². The molecule has 0 saturated carbocycles. The maximum Gasteiger partial charge on any atom is 0.303 e. The van der Waals surface area contributed by atoms with Crippen molar-refractivity contribution < 1.29 is 14.7 Å². The molecular weight excluding hydrogens is 416 g/mol. The van der Waals surface area contributed by atoms with E-state index in [1.165, 1.54) is 0 Å². The van der Waals surface area contributed by atoms with Gasteiger partial charge in [0.25, 0.3) is 5.91 Å². The highest BCUT2D eigenvalue weighted by molar-refractivity contribution is 6.05. The van der Waals surface area contributed by atoms with Crippen LogP contribution >= 0.6 is 0 Å². The molecule has 2 aromatic heterocycles. The number of amides is 1. The molecule has 2 aromatic carbocycles. The number of nitrogens with zero attached hydrogens (tertiary/aromatic N) is 2. The van der Waals surface area contributed by atoms with E-state index in [0.717, 1.165) is 50.4 Å². The third kappa shape index (κ3) is 4.77. The second-order valence-corrected chi connectivity index (χ2v) is 8.37. The summed E-state index contributed by atoms with van der Waals surface area (Å²) in [7, 11) is 0. The van der Waals surface area contributed by atoms with Gasteiger partial charge in [-0.05, 0) is 80.6 Å². The fourth-order valence-electron chi connectivity index (χ4n) is 3.98. The molecular formula is C26H26N4O3. The van der Waals surface area contributed by atoms with Crippen molar-refractivity contribution in [1.29, 1.82) is 0 Å². The molecule has 168 valence electrons. The minimum Gasteiger partial charge on any atom is -0.481 e. The lowest BCUT2D eigenvalue weighted by molar-refractivity contribution is -0.136. The van der Waals surface area contributed by atoms with Gasteiger partial charge in [-0.15, -0.1) is 0 Å². The van der Waals surface area contributed by atoms with Crippen LogP contribution in [-0.2, 0) is 11.2 Å². The molecule has 0 radical (unpaired) electrons. The Morgan fingerprint density at radius 1 is 0.939 bits per heavy atom. The number of benzene rings is 2. The zero-order chi connectivity index (χ0) is 23.7. The molecule has 3 N–H and O–H groups in total. The Bertz CT molecular complexity index is 1360. The summed E-state index contributed by atoms with van der Waals surface area (Å²) >= 11 is 0. The van der Waals surface area contributed by atoms with Crippen molar-refractivity contribution in [2.45, 2.75) is 40.5 Å². The van der Waals surface area contributed by atoms with Gasteiger partial charge in [0.2, 0.25) is 0 Å². The third-order valence-corrected chi connectivity index (χ3v) is 5.79. The van der Waals surface area contributed by atoms with Gasteiger partial charge in [-0.1, -0.05) is 18.2 Å². The van der Waals surface area contributed by atoms with Crippen LogP contribution in [0.2, 0.25) is 0 Å². The number of carboxylic acids is 1. The van der Waals surface area contributed by atoms with Crippen LogP contribution < -0.4 is 5.32 Å². The maximum atomic E-state index is 12.8. The lowest BCUT2D eigenvalue weighted by Gasteiger charge is -2.10. The number of pyridine rings is 1. The summed E-state index contributed by atoms with van der Waals surface area (Å²) in [4.78, 5) is 36.1. The number of aliphatic carboxylic acids is 1. The van der Waals surface area contributed by atoms with E-state index in [0.29, 0.717) is 17.8 Å². The van der Waals surface area contributed by atoms with E-state index in [-0.39, 0.29) is 12.3 Å². The molecule has 7 heteroatoms. The number of nitrogens with one attached hydrogen (secondary N) is 2. The van der Waals surface area contributed by atoms with Crippen molar-refractivity contribution in [3.05, 3.63) is 76.0 Å². The first-order valence-corrected chi connectivity index (χ1v) is 10.8. The van der Waals surface area contributed by atoms with Crippen molar-refractivity contribution in [3.8, 4) is 11.4 Å². The molecule has 33 heavy (non-hydrogen) atoms. The van der Waals surface area contributed by atoms with Gasteiger partial charge in [0, 0.05) is 23.2 Å². The van der Waals surface area contributed by atoms with Crippen LogP contribution in [0.25, 0.3) is 22.4 Å². The van der Waals surface area contributed by atoms with E-state index >= 15 is 0 Å². The Hall–Kier alpha value is -4.00. The summed E-state index contributed by atoms with van der Waals surface area (Å²) in [6.45, 7) is 7.88. The molecule has 0 unspecified atom stereocenters. The van der Waals surface area contributed by atoms with Crippen LogP contribution in [-0.4, -0.2) is 31.9 Å². The SMILES string of the molecule is Cc1ccc(NC(=O)c2ccc3nc(-c4c(C)cc(CCC(=O)O)cc4C)[nH]c3c2)nc1C. The van der Waals surface area contributed by atoms with Gasteiger partial charge in [0.05, 0.1) is 11.0 Å². The highest BCUT2D eigenvalue weighted by Crippen LogP contribution is 2.29. The molecule has 0 aliphatic heterocycles. The lowest BCUT2D eigenvalue weighted by Crippen LogP contribution is -2.13. The van der Waals surface area contributed by atoms with Gasteiger partial charge in [0.1, 0.15) is 11.6 Å². The number of carboxylic acid groups (broad SMARTS) is 1. The molecule has 4 aromatic rings. The second kappa shape index (κ2) is 8.86. The van der Waals surface area contributed by atoms with Crippen LogP contribution in [0.1, 0.15) is 44.7 Å². The van der Waals surface area contributed by atoms with Crippen LogP contribution in [0.3, 0.4) is 0 Å². The van der Waals surface area contributed by atoms with Gasteiger partial charge in [0.15, 0.2) is 0 Å². The molecule has 2 heterocycles. The number of carbonyl (C=O) groups is 2. The fourth-order valence-corrected chi connectivity index (χ4v) is 3.98. The van der Waals surface area contributed by atoms with E-state index in [2.05, 4.69) is 15.3 Å². The normalized spacial score (nSPS) is 11.0. The summed E-state index contributed by atoms with van der Waals surface area (Å²) in [5.74, 6) is 0.194. The average molecular weight is 443 g/mol. The van der Waals surface area contributed by atoms with Crippen molar-refractivity contribution in [1.82, 2.24) is 15.0 Å². The monoisotopic (exact) mass is 442 g/mol. The number of anilines is 1. The molecule has 7 nitrogen and oxygen atoms in total. The maximum absolute atomic E-state index is 12.8. The molecule has 4 rings (SSSR count). The largest absolute Gasteiger partial charge is 0.481 e. The number of H-pyrrole nitrogens is 1. The first-order chi connectivity index (χ1) is 15.7. The lowest BCUT2D eigenvalue weighted by atomic mass is 9.97. The molecule has 0 spiro atoms. The number of rotatable bonds is 6. The number of aromatic nitrogens is 3. The van der Waals surface area contributed by atoms with Crippen molar-refractivity contribution in [2.24, 2.45) is 0 Å². The zero-order valence-electron chi connectivity index (χ0n) is 19.1. The number of fused-ring (bicyclic) bond motifs is 1. The van der Waals surface area contributed by atoms with E-state index in [1.807, 2.05) is 52.0 Å². The Morgan fingerprint density at radius 3 is 2.33 bits per heavy atom. The Morgan fingerprint density at radius 2 is 1.67 bits per heavy atom. The summed E-state index contributed by atoms with van der Waals surface area (Å²) in [5, 5.41) is 11.8. The number of carbonyl (C=O) groups excluding carboxylic acids is 1. The first-order valence-electron chi connectivity index (χ1n) is 10.8. The smallest absolute Gasteiger partial charge is 0.303 e. The van der Waals surface area contributed by atoms with E-state index in [9.17, 15) is 9.59 Å². The summed E-state index contributed by atoms with van der Waals surface area (Å²) in [5.41, 5.74) is 8.00. The molecule has 0 aliphatic rings. The number of hydrogen-bond donors (Lipinski definition) is 3. The van der Waals surface area contributed by atoms with Crippen LogP contribution in [0.4, 0.5) is 5.82 Å². The number of aromatic amines is 1. The topological polar surface area (TPSA) is 108 Å². The minimum absolute atomic E-state index is 0.103. The molecule has 0 bridgehead atoms. The Labute approximate surface area is 191 Å². The Kier molecular flexibility index (Phi) is 5.96. The summed E-state index contributed by atoms with van der Waals surface area (Å²) in [6, 6.07) is 13.1. The second-order valence-electron chi connectivity index (χ2n) is 8.37. The fraction of sp³-hybridized carbons (Fsp3) is 0.231. The average Bonchev–Trinajstić information content (AvgIpc) is 3.17. The predicted octanol–water partition coefficient (Wildman–Crippen LogP) is 5.13. The third-order valence-electron chi connectivity index (χ3n) is 5.79. The van der Waals surface area contributed by atoms with Crippen molar-refractivity contribution in [3.63, 3.8) is 0 Å².